The molecule has 0 N–H and O–H groups in total. The standard InChI is InChI=1S/C12H15BrO2S/c13-12-3-1-2-10(8-12)6-7-16(14,15)9-11-4-5-11/h1-3,8,11H,4-7,9H2. The monoisotopic (exact) mass is 302 g/mol. The fraction of sp³-hybridized carbons (Fsp3) is 0.500. The van der Waals surface area contributed by atoms with Gasteiger partial charge < -0.3 is 0 Å². The molecule has 4 heteroatoms. The normalized spacial score (nSPS) is 16.3. The van der Waals surface area contributed by atoms with E-state index in [0.29, 0.717) is 18.1 Å². The Bertz CT molecular complexity index is 464. The van der Waals surface area contributed by atoms with Gasteiger partial charge in [-0.15, -0.1) is 0 Å². The highest BCUT2D eigenvalue weighted by Crippen LogP contribution is 2.30. The summed E-state index contributed by atoms with van der Waals surface area (Å²) in [6.45, 7) is 0. The minimum absolute atomic E-state index is 0.278. The summed E-state index contributed by atoms with van der Waals surface area (Å²) in [5.41, 5.74) is 1.08. The molecule has 1 aromatic rings. The fourth-order valence-electron chi connectivity index (χ4n) is 1.69. The Kier molecular flexibility index (Phi) is 3.70. The molecule has 0 aromatic heterocycles. The molecule has 2 rings (SSSR count). The van der Waals surface area contributed by atoms with Crippen molar-refractivity contribution in [1.82, 2.24) is 0 Å². The van der Waals surface area contributed by atoms with E-state index in [2.05, 4.69) is 15.9 Å². The molecule has 1 aliphatic rings. The molecule has 0 aliphatic heterocycles. The van der Waals surface area contributed by atoms with Gasteiger partial charge >= 0.3 is 0 Å². The van der Waals surface area contributed by atoms with Crippen LogP contribution in [-0.4, -0.2) is 19.9 Å². The summed E-state index contributed by atoms with van der Waals surface area (Å²) in [6.07, 6.45) is 2.81. The van der Waals surface area contributed by atoms with Crippen molar-refractivity contribution in [3.05, 3.63) is 34.3 Å². The first-order chi connectivity index (χ1) is 7.55. The zero-order valence-corrected chi connectivity index (χ0v) is 11.4. The van der Waals surface area contributed by atoms with E-state index in [1.165, 1.54) is 0 Å². The Labute approximate surface area is 105 Å². The highest BCUT2D eigenvalue weighted by molar-refractivity contribution is 9.10. The van der Waals surface area contributed by atoms with Gasteiger partial charge in [-0.25, -0.2) is 8.42 Å². The number of aryl methyl sites for hydroxylation is 1. The van der Waals surface area contributed by atoms with E-state index in [-0.39, 0.29) is 5.75 Å². The average molecular weight is 303 g/mol. The second kappa shape index (κ2) is 4.88. The van der Waals surface area contributed by atoms with Gasteiger partial charge in [-0.05, 0) is 42.9 Å². The van der Waals surface area contributed by atoms with E-state index < -0.39 is 9.84 Å². The number of hydrogen-bond donors (Lipinski definition) is 0. The third kappa shape index (κ3) is 3.91. The molecular weight excluding hydrogens is 288 g/mol. The Morgan fingerprint density at radius 1 is 1.31 bits per heavy atom. The Balaban J connectivity index is 1.90. The molecule has 0 heterocycles. The van der Waals surface area contributed by atoms with E-state index in [0.717, 1.165) is 22.9 Å². The number of rotatable bonds is 5. The van der Waals surface area contributed by atoms with Gasteiger partial charge in [0.05, 0.1) is 11.5 Å². The largest absolute Gasteiger partial charge is 0.229 e. The van der Waals surface area contributed by atoms with Crippen LogP contribution in [0.15, 0.2) is 28.7 Å². The van der Waals surface area contributed by atoms with Crippen molar-refractivity contribution < 1.29 is 8.42 Å². The summed E-state index contributed by atoms with van der Waals surface area (Å²) in [5.74, 6) is 1.12. The van der Waals surface area contributed by atoms with Gasteiger partial charge in [-0.1, -0.05) is 28.1 Å². The summed E-state index contributed by atoms with van der Waals surface area (Å²) in [6, 6.07) is 7.83. The average Bonchev–Trinajstić information content (AvgIpc) is 2.98. The van der Waals surface area contributed by atoms with Crippen LogP contribution in [0.4, 0.5) is 0 Å². The molecule has 1 fully saturated rings. The maximum absolute atomic E-state index is 11.7. The molecule has 88 valence electrons. The Hall–Kier alpha value is -0.350. The van der Waals surface area contributed by atoms with Crippen molar-refractivity contribution in [3.8, 4) is 0 Å². The molecule has 1 saturated carbocycles. The van der Waals surface area contributed by atoms with E-state index in [1.807, 2.05) is 24.3 Å². The third-order valence-corrected chi connectivity index (χ3v) is 5.08. The van der Waals surface area contributed by atoms with Crippen LogP contribution in [0.25, 0.3) is 0 Å². The molecule has 0 amide bonds. The van der Waals surface area contributed by atoms with Gasteiger partial charge in [-0.3, -0.25) is 0 Å². The fourth-order valence-corrected chi connectivity index (χ4v) is 3.90. The molecule has 16 heavy (non-hydrogen) atoms. The van der Waals surface area contributed by atoms with E-state index >= 15 is 0 Å². The van der Waals surface area contributed by atoms with Crippen molar-refractivity contribution in [2.45, 2.75) is 19.3 Å². The molecule has 0 spiro atoms. The lowest BCUT2D eigenvalue weighted by molar-refractivity contribution is 0.591. The third-order valence-electron chi connectivity index (χ3n) is 2.78. The zero-order chi connectivity index (χ0) is 11.6. The first-order valence-corrected chi connectivity index (χ1v) is 8.11. The van der Waals surface area contributed by atoms with Gasteiger partial charge in [0, 0.05) is 4.47 Å². The Morgan fingerprint density at radius 2 is 2.06 bits per heavy atom. The SMILES string of the molecule is O=S(=O)(CCc1cccc(Br)c1)CC1CC1. The van der Waals surface area contributed by atoms with E-state index in [9.17, 15) is 8.42 Å². The summed E-state index contributed by atoms with van der Waals surface area (Å²) in [7, 11) is -2.84. The molecule has 0 radical (unpaired) electrons. The quantitative estimate of drug-likeness (QED) is 0.838. The molecular formula is C12H15BrO2S. The maximum Gasteiger partial charge on any atom is 0.150 e. The summed E-state index contributed by atoms with van der Waals surface area (Å²) < 4.78 is 24.5. The Morgan fingerprint density at radius 3 is 2.69 bits per heavy atom. The van der Waals surface area contributed by atoms with Crippen LogP contribution in [0.2, 0.25) is 0 Å². The summed E-state index contributed by atoms with van der Waals surface area (Å²) >= 11 is 3.38. The van der Waals surface area contributed by atoms with E-state index in [1.54, 1.807) is 0 Å². The first kappa shape index (κ1) is 12.1. The van der Waals surface area contributed by atoms with Crippen molar-refractivity contribution in [3.63, 3.8) is 0 Å². The second-order valence-corrected chi connectivity index (χ2v) is 7.58. The molecule has 1 aromatic carbocycles. The minimum atomic E-state index is -2.84. The number of benzene rings is 1. The summed E-state index contributed by atoms with van der Waals surface area (Å²) in [5, 5.41) is 0. The van der Waals surface area contributed by atoms with Crippen LogP contribution in [0.5, 0.6) is 0 Å². The van der Waals surface area contributed by atoms with Gasteiger partial charge in [0.2, 0.25) is 0 Å². The van der Waals surface area contributed by atoms with Crippen LogP contribution < -0.4 is 0 Å². The van der Waals surface area contributed by atoms with Crippen LogP contribution in [0.1, 0.15) is 18.4 Å². The van der Waals surface area contributed by atoms with Crippen LogP contribution in [0, 0.1) is 5.92 Å². The predicted molar refractivity (Wildman–Crippen MR) is 69.2 cm³/mol. The number of halogens is 1. The van der Waals surface area contributed by atoms with Gasteiger partial charge in [-0.2, -0.15) is 0 Å². The molecule has 0 saturated heterocycles. The molecule has 0 unspecified atom stereocenters. The van der Waals surface area contributed by atoms with Crippen molar-refractivity contribution >= 4 is 25.8 Å². The smallest absolute Gasteiger partial charge is 0.150 e. The van der Waals surface area contributed by atoms with Gasteiger partial charge in [0.15, 0.2) is 9.84 Å². The lowest BCUT2D eigenvalue weighted by atomic mass is 10.2. The molecule has 2 nitrogen and oxygen atoms in total. The van der Waals surface area contributed by atoms with Crippen molar-refractivity contribution in [2.75, 3.05) is 11.5 Å². The summed E-state index contributed by atoms with van der Waals surface area (Å²) in [4.78, 5) is 0. The zero-order valence-electron chi connectivity index (χ0n) is 9.02. The van der Waals surface area contributed by atoms with Crippen LogP contribution >= 0.6 is 15.9 Å². The lowest BCUT2D eigenvalue weighted by Gasteiger charge is -2.04. The topological polar surface area (TPSA) is 34.1 Å². The van der Waals surface area contributed by atoms with Gasteiger partial charge in [0.1, 0.15) is 0 Å². The minimum Gasteiger partial charge on any atom is -0.229 e. The lowest BCUT2D eigenvalue weighted by Crippen LogP contribution is -2.14. The molecule has 1 aliphatic carbocycles. The molecule has 0 atom stereocenters. The van der Waals surface area contributed by atoms with Gasteiger partial charge in [0.25, 0.3) is 0 Å². The predicted octanol–water partition coefficient (Wildman–Crippen LogP) is 2.82. The maximum atomic E-state index is 11.7. The van der Waals surface area contributed by atoms with Crippen molar-refractivity contribution in [1.29, 1.82) is 0 Å². The number of sulfone groups is 1. The van der Waals surface area contributed by atoms with E-state index in [4.69, 9.17) is 0 Å². The van der Waals surface area contributed by atoms with Crippen LogP contribution in [-0.2, 0) is 16.3 Å². The second-order valence-electron chi connectivity index (χ2n) is 4.44. The highest BCUT2D eigenvalue weighted by Gasteiger charge is 2.27. The molecule has 0 bridgehead atoms. The highest BCUT2D eigenvalue weighted by atomic mass is 79.9. The van der Waals surface area contributed by atoms with Crippen LogP contribution in [0.3, 0.4) is 0 Å². The first-order valence-electron chi connectivity index (χ1n) is 5.50. The van der Waals surface area contributed by atoms with Crippen molar-refractivity contribution in [2.24, 2.45) is 5.92 Å². The number of hydrogen-bond acceptors (Lipinski definition) is 2.